The first-order chi connectivity index (χ1) is 13.1. The third-order valence-electron chi connectivity index (χ3n) is 5.46. The number of halogens is 3. The van der Waals surface area contributed by atoms with Crippen molar-refractivity contribution in [1.82, 2.24) is 19.8 Å². The van der Waals surface area contributed by atoms with E-state index in [1.54, 1.807) is 4.90 Å². The Balaban J connectivity index is 1.61. The molecule has 11 heteroatoms. The molecule has 2 aliphatic rings. The molecule has 3 heterocycles. The molecule has 0 bridgehead atoms. The molecular weight excluding hydrogens is 397 g/mol. The van der Waals surface area contributed by atoms with Gasteiger partial charge in [-0.25, -0.2) is 13.4 Å². The molecule has 0 radical (unpaired) electrons. The molecule has 3 rings (SSSR count). The van der Waals surface area contributed by atoms with Crippen LogP contribution in [-0.4, -0.2) is 77.8 Å². The number of nitrogens with zero attached hydrogens (tertiary/aromatic N) is 3. The highest BCUT2D eigenvalue weighted by Crippen LogP contribution is 2.31. The number of H-pyrrole nitrogens is 1. The van der Waals surface area contributed by atoms with Gasteiger partial charge in [0.2, 0.25) is 5.91 Å². The van der Waals surface area contributed by atoms with Gasteiger partial charge < -0.3 is 9.88 Å². The molecule has 2 fully saturated rings. The molecule has 28 heavy (non-hydrogen) atoms. The van der Waals surface area contributed by atoms with E-state index in [2.05, 4.69) is 9.97 Å². The fourth-order valence-electron chi connectivity index (χ4n) is 4.05. The summed E-state index contributed by atoms with van der Waals surface area (Å²) in [5.41, 5.74) is -0.865. The van der Waals surface area contributed by atoms with Crippen molar-refractivity contribution in [2.45, 2.75) is 44.3 Å². The Kier molecular flexibility index (Phi) is 6.04. The molecule has 0 aromatic carbocycles. The summed E-state index contributed by atoms with van der Waals surface area (Å²) in [6, 6.07) is -0.289. The summed E-state index contributed by atoms with van der Waals surface area (Å²) >= 11 is 0. The Morgan fingerprint density at radius 3 is 2.71 bits per heavy atom. The number of alkyl halides is 3. The molecule has 2 unspecified atom stereocenters. The van der Waals surface area contributed by atoms with Crippen molar-refractivity contribution in [2.75, 3.05) is 37.7 Å². The largest absolute Gasteiger partial charge is 0.432 e. The molecule has 2 atom stereocenters. The predicted octanol–water partition coefficient (Wildman–Crippen LogP) is 1.64. The summed E-state index contributed by atoms with van der Waals surface area (Å²) in [5.74, 6) is 0.0636. The second-order valence-electron chi connectivity index (χ2n) is 7.49. The zero-order chi connectivity index (χ0) is 20.5. The summed E-state index contributed by atoms with van der Waals surface area (Å²) in [5, 5.41) is 0. The Labute approximate surface area is 162 Å². The number of amides is 1. The first-order valence-corrected chi connectivity index (χ1v) is 11.3. The van der Waals surface area contributed by atoms with Crippen molar-refractivity contribution in [2.24, 2.45) is 0 Å². The van der Waals surface area contributed by atoms with Gasteiger partial charge in [-0.2, -0.15) is 13.2 Å². The van der Waals surface area contributed by atoms with E-state index in [-0.39, 0.29) is 35.9 Å². The number of aromatic amines is 1. The molecule has 2 saturated heterocycles. The van der Waals surface area contributed by atoms with Crippen LogP contribution in [0.15, 0.2) is 6.20 Å². The van der Waals surface area contributed by atoms with Crippen molar-refractivity contribution < 1.29 is 26.4 Å². The quantitative estimate of drug-likeness (QED) is 0.780. The first kappa shape index (κ1) is 21.1. The number of carbonyl (C=O) groups is 1. The van der Waals surface area contributed by atoms with Gasteiger partial charge in [-0.1, -0.05) is 0 Å². The average Bonchev–Trinajstić information content (AvgIpc) is 3.22. The number of carbonyl (C=O) groups excluding carboxylic acids is 1. The third-order valence-corrected chi connectivity index (χ3v) is 7.21. The van der Waals surface area contributed by atoms with Crippen molar-refractivity contribution in [1.29, 1.82) is 0 Å². The van der Waals surface area contributed by atoms with Gasteiger partial charge >= 0.3 is 6.18 Å². The topological polar surface area (TPSA) is 86.4 Å². The minimum absolute atomic E-state index is 0.00181. The number of hydrogen-bond acceptors (Lipinski definition) is 5. The number of likely N-dealkylation sites (tertiary alicyclic amines) is 1. The first-order valence-electron chi connectivity index (χ1n) is 9.43. The van der Waals surface area contributed by atoms with Crippen LogP contribution in [0.5, 0.6) is 0 Å². The lowest BCUT2D eigenvalue weighted by atomic mass is 9.97. The molecule has 2 aliphatic heterocycles. The smallest absolute Gasteiger partial charge is 0.338 e. The summed E-state index contributed by atoms with van der Waals surface area (Å²) in [7, 11) is -3.08. The maximum Gasteiger partial charge on any atom is 0.432 e. The molecule has 158 valence electrons. The molecular formula is C17H25F3N4O3S. The molecule has 1 N–H and O–H groups in total. The van der Waals surface area contributed by atoms with Gasteiger partial charge in [0.25, 0.3) is 0 Å². The van der Waals surface area contributed by atoms with E-state index < -0.39 is 21.7 Å². The predicted molar refractivity (Wildman–Crippen MR) is 96.5 cm³/mol. The maximum atomic E-state index is 12.8. The van der Waals surface area contributed by atoms with Crippen LogP contribution in [0.3, 0.4) is 0 Å². The monoisotopic (exact) mass is 422 g/mol. The van der Waals surface area contributed by atoms with Crippen LogP contribution in [0.2, 0.25) is 0 Å². The number of nitrogens with one attached hydrogen (secondary N) is 1. The standard InChI is InChI=1S/C17H25F3N4O3S/c1-2-24(13-5-7-28(26,27)11-13)15(25)10-23-6-3-4-12(9-23)16-21-8-14(22-16)17(18,19)20/h8,12-13H,2-7,9-11H2,1H3,(H,21,22). The Bertz CT molecular complexity index is 809. The lowest BCUT2D eigenvalue weighted by Gasteiger charge is -2.34. The number of rotatable bonds is 5. The Morgan fingerprint density at radius 1 is 1.39 bits per heavy atom. The van der Waals surface area contributed by atoms with E-state index in [1.165, 1.54) is 0 Å². The molecule has 1 amide bonds. The van der Waals surface area contributed by atoms with E-state index in [0.29, 0.717) is 38.3 Å². The van der Waals surface area contributed by atoms with Gasteiger partial charge in [-0.05, 0) is 32.7 Å². The van der Waals surface area contributed by atoms with Crippen LogP contribution >= 0.6 is 0 Å². The Morgan fingerprint density at radius 2 is 2.14 bits per heavy atom. The summed E-state index contributed by atoms with van der Waals surface area (Å²) < 4.78 is 61.7. The van der Waals surface area contributed by atoms with E-state index >= 15 is 0 Å². The van der Waals surface area contributed by atoms with Crippen molar-refractivity contribution in [3.63, 3.8) is 0 Å². The van der Waals surface area contributed by atoms with E-state index in [0.717, 1.165) is 12.6 Å². The van der Waals surface area contributed by atoms with Crippen molar-refractivity contribution >= 4 is 15.7 Å². The van der Waals surface area contributed by atoms with Gasteiger partial charge in [0.15, 0.2) is 9.84 Å². The summed E-state index contributed by atoms with van der Waals surface area (Å²) in [4.78, 5) is 22.5. The molecule has 0 saturated carbocycles. The maximum absolute atomic E-state index is 12.8. The lowest BCUT2D eigenvalue weighted by Crippen LogP contribution is -2.48. The fraction of sp³-hybridized carbons (Fsp3) is 0.765. The minimum Gasteiger partial charge on any atom is -0.338 e. The van der Waals surface area contributed by atoms with Crippen LogP contribution in [0.25, 0.3) is 0 Å². The highest BCUT2D eigenvalue weighted by molar-refractivity contribution is 7.91. The molecule has 1 aromatic heterocycles. The highest BCUT2D eigenvalue weighted by atomic mass is 32.2. The average molecular weight is 422 g/mol. The second kappa shape index (κ2) is 8.02. The van der Waals surface area contributed by atoms with Gasteiger partial charge in [-0.15, -0.1) is 0 Å². The highest BCUT2D eigenvalue weighted by Gasteiger charge is 2.36. The summed E-state index contributed by atoms with van der Waals surface area (Å²) in [6.45, 7) is 3.51. The van der Waals surface area contributed by atoms with E-state index in [4.69, 9.17) is 0 Å². The van der Waals surface area contributed by atoms with Crippen LogP contribution in [-0.2, 0) is 20.8 Å². The summed E-state index contributed by atoms with van der Waals surface area (Å²) in [6.07, 6.45) is -1.74. The SMILES string of the molecule is CCN(C(=O)CN1CCCC(c2ncc(C(F)(F)F)[nH]2)C1)C1CCS(=O)(=O)C1. The molecule has 1 aromatic rings. The minimum atomic E-state index is -4.46. The number of likely N-dealkylation sites (N-methyl/N-ethyl adjacent to an activating group) is 1. The number of aromatic nitrogens is 2. The number of imidazole rings is 1. The van der Waals surface area contributed by atoms with E-state index in [9.17, 15) is 26.4 Å². The second-order valence-corrected chi connectivity index (χ2v) is 9.72. The number of sulfone groups is 1. The zero-order valence-electron chi connectivity index (χ0n) is 15.7. The number of hydrogen-bond donors (Lipinski definition) is 1. The van der Waals surface area contributed by atoms with Crippen LogP contribution in [0.1, 0.15) is 43.6 Å². The van der Waals surface area contributed by atoms with Gasteiger partial charge in [0.1, 0.15) is 11.5 Å². The van der Waals surface area contributed by atoms with Crippen LogP contribution in [0.4, 0.5) is 13.2 Å². The van der Waals surface area contributed by atoms with Crippen LogP contribution in [0, 0.1) is 0 Å². The van der Waals surface area contributed by atoms with Gasteiger partial charge in [-0.3, -0.25) is 9.69 Å². The Hall–Kier alpha value is -1.62. The normalized spacial score (nSPS) is 25.7. The van der Waals surface area contributed by atoms with E-state index in [1.807, 2.05) is 11.8 Å². The number of piperidine rings is 1. The fourth-order valence-corrected chi connectivity index (χ4v) is 5.78. The van der Waals surface area contributed by atoms with Crippen molar-refractivity contribution in [3.8, 4) is 0 Å². The lowest BCUT2D eigenvalue weighted by molar-refractivity contribution is -0.141. The van der Waals surface area contributed by atoms with Crippen LogP contribution < -0.4 is 0 Å². The van der Waals surface area contributed by atoms with Gasteiger partial charge in [0, 0.05) is 25.0 Å². The zero-order valence-corrected chi connectivity index (χ0v) is 16.5. The molecule has 0 aliphatic carbocycles. The van der Waals surface area contributed by atoms with Crippen molar-refractivity contribution in [3.05, 3.63) is 17.7 Å². The molecule has 7 nitrogen and oxygen atoms in total. The third kappa shape index (κ3) is 4.86. The van der Waals surface area contributed by atoms with Gasteiger partial charge in [0.05, 0.1) is 24.2 Å². The molecule has 0 spiro atoms.